The Morgan fingerprint density at radius 2 is 2.40 bits per heavy atom. The second-order valence-corrected chi connectivity index (χ2v) is 6.10. The molecular formula is C15H17ClN2OS. The molecule has 3 rings (SSSR count). The summed E-state index contributed by atoms with van der Waals surface area (Å²) in [4.78, 5) is 4.38. The van der Waals surface area contributed by atoms with Gasteiger partial charge in [-0.2, -0.15) is 0 Å². The van der Waals surface area contributed by atoms with Crippen LogP contribution in [0.25, 0.3) is 0 Å². The van der Waals surface area contributed by atoms with Gasteiger partial charge in [0.2, 0.25) is 0 Å². The van der Waals surface area contributed by atoms with Crippen molar-refractivity contribution in [1.29, 1.82) is 0 Å². The third-order valence-corrected chi connectivity index (χ3v) is 4.33. The molecule has 1 aromatic carbocycles. The van der Waals surface area contributed by atoms with Crippen LogP contribution in [0, 0.1) is 0 Å². The minimum atomic E-state index is 0.0179. The van der Waals surface area contributed by atoms with Crippen LogP contribution in [0.3, 0.4) is 0 Å². The molecule has 1 aliphatic rings. The monoisotopic (exact) mass is 308 g/mol. The van der Waals surface area contributed by atoms with E-state index < -0.39 is 0 Å². The number of ether oxygens (including phenoxy) is 1. The molecule has 3 nitrogen and oxygen atoms in total. The van der Waals surface area contributed by atoms with Crippen molar-refractivity contribution in [3.8, 4) is 5.75 Å². The molecule has 1 aromatic heterocycles. The molecule has 0 bridgehead atoms. The molecule has 2 atom stereocenters. The van der Waals surface area contributed by atoms with Gasteiger partial charge >= 0.3 is 0 Å². The first-order chi connectivity index (χ1) is 9.78. The summed E-state index contributed by atoms with van der Waals surface area (Å²) in [5.74, 6) is 0.909. The van der Waals surface area contributed by atoms with E-state index in [1.54, 1.807) is 11.3 Å². The van der Waals surface area contributed by atoms with Crippen molar-refractivity contribution in [2.24, 2.45) is 0 Å². The van der Waals surface area contributed by atoms with Crippen molar-refractivity contribution in [3.63, 3.8) is 0 Å². The maximum atomic E-state index is 6.12. The minimum Gasteiger partial charge on any atom is -0.484 e. The van der Waals surface area contributed by atoms with E-state index in [1.807, 2.05) is 23.7 Å². The van der Waals surface area contributed by atoms with Crippen molar-refractivity contribution in [2.75, 3.05) is 6.54 Å². The number of rotatable bonds is 4. The van der Waals surface area contributed by atoms with E-state index in [-0.39, 0.29) is 12.1 Å². The first-order valence-electron chi connectivity index (χ1n) is 6.85. The molecule has 0 amide bonds. The van der Waals surface area contributed by atoms with Gasteiger partial charge in [0.1, 0.15) is 11.9 Å². The fraction of sp³-hybridized carbons (Fsp3) is 0.400. The summed E-state index contributed by atoms with van der Waals surface area (Å²) < 4.78 is 6.09. The van der Waals surface area contributed by atoms with Gasteiger partial charge in [-0.1, -0.05) is 18.5 Å². The zero-order valence-electron chi connectivity index (χ0n) is 11.3. The summed E-state index contributed by atoms with van der Waals surface area (Å²) in [5, 5.41) is 6.39. The van der Waals surface area contributed by atoms with E-state index >= 15 is 0 Å². The highest BCUT2D eigenvalue weighted by molar-refractivity contribution is 7.07. The van der Waals surface area contributed by atoms with Crippen molar-refractivity contribution in [1.82, 2.24) is 10.3 Å². The molecule has 2 unspecified atom stereocenters. The highest BCUT2D eigenvalue weighted by Crippen LogP contribution is 2.41. The van der Waals surface area contributed by atoms with E-state index in [2.05, 4.69) is 22.6 Å². The average Bonchev–Trinajstić information content (AvgIpc) is 2.99. The molecule has 106 valence electrons. The number of fused-ring (bicyclic) bond motifs is 1. The lowest BCUT2D eigenvalue weighted by Gasteiger charge is -2.32. The number of halogens is 1. The smallest absolute Gasteiger partial charge is 0.143 e. The van der Waals surface area contributed by atoms with Gasteiger partial charge in [0.25, 0.3) is 0 Å². The second-order valence-electron chi connectivity index (χ2n) is 4.94. The Kier molecular flexibility index (Phi) is 4.24. The molecule has 1 aliphatic heterocycles. The molecule has 0 radical (unpaired) electrons. The summed E-state index contributed by atoms with van der Waals surface area (Å²) in [6.07, 6.45) is 2.01. The summed E-state index contributed by atoms with van der Waals surface area (Å²) in [5.41, 5.74) is 4.02. The minimum absolute atomic E-state index is 0.0179. The average molecular weight is 309 g/mol. The Hall–Kier alpha value is -1.10. The maximum absolute atomic E-state index is 6.12. The lowest BCUT2D eigenvalue weighted by atomic mass is 9.95. The Labute approximate surface area is 127 Å². The van der Waals surface area contributed by atoms with Crippen LogP contribution >= 0.6 is 22.9 Å². The third kappa shape index (κ3) is 2.82. The van der Waals surface area contributed by atoms with Crippen molar-refractivity contribution in [2.45, 2.75) is 31.9 Å². The quantitative estimate of drug-likeness (QED) is 0.911. The van der Waals surface area contributed by atoms with Crippen LogP contribution in [-0.2, 0) is 0 Å². The highest BCUT2D eigenvalue weighted by atomic mass is 35.5. The van der Waals surface area contributed by atoms with Crippen LogP contribution in [0.4, 0.5) is 0 Å². The number of nitrogens with zero attached hydrogens (tertiary/aromatic N) is 1. The largest absolute Gasteiger partial charge is 0.484 e. The molecule has 0 spiro atoms. The second kappa shape index (κ2) is 6.12. The van der Waals surface area contributed by atoms with Crippen LogP contribution in [0.2, 0.25) is 5.02 Å². The summed E-state index contributed by atoms with van der Waals surface area (Å²) in [7, 11) is 0. The Morgan fingerprint density at radius 1 is 1.50 bits per heavy atom. The Morgan fingerprint density at radius 3 is 3.15 bits per heavy atom. The van der Waals surface area contributed by atoms with Crippen molar-refractivity contribution < 1.29 is 4.74 Å². The first kappa shape index (κ1) is 13.9. The molecule has 5 heteroatoms. The fourth-order valence-electron chi connectivity index (χ4n) is 2.52. The summed E-state index contributed by atoms with van der Waals surface area (Å²) >= 11 is 7.72. The molecule has 0 saturated heterocycles. The van der Waals surface area contributed by atoms with E-state index in [0.717, 1.165) is 41.4 Å². The topological polar surface area (TPSA) is 34.2 Å². The fourth-order valence-corrected chi connectivity index (χ4v) is 3.29. The van der Waals surface area contributed by atoms with Gasteiger partial charge < -0.3 is 10.1 Å². The van der Waals surface area contributed by atoms with Gasteiger partial charge in [-0.3, -0.25) is 0 Å². The summed E-state index contributed by atoms with van der Waals surface area (Å²) in [6.45, 7) is 3.16. The zero-order chi connectivity index (χ0) is 13.9. The van der Waals surface area contributed by atoms with Crippen molar-refractivity contribution >= 4 is 22.9 Å². The van der Waals surface area contributed by atoms with Crippen LogP contribution < -0.4 is 10.1 Å². The van der Waals surface area contributed by atoms with Gasteiger partial charge in [-0.25, -0.2) is 4.98 Å². The third-order valence-electron chi connectivity index (χ3n) is 3.49. The molecule has 0 aliphatic carbocycles. The molecule has 2 aromatic rings. The number of benzene rings is 1. The standard InChI is InChI=1S/C15H17ClN2OS/c1-2-5-17-12-7-15(13-8-20-9-18-13)19-14-4-3-10(16)6-11(12)14/h3-4,6,8-9,12,15,17H,2,5,7H2,1H3. The number of thiazole rings is 1. The predicted molar refractivity (Wildman–Crippen MR) is 82.6 cm³/mol. The Balaban J connectivity index is 1.90. The van der Waals surface area contributed by atoms with E-state index in [0.29, 0.717) is 0 Å². The zero-order valence-corrected chi connectivity index (χ0v) is 12.9. The van der Waals surface area contributed by atoms with E-state index in [4.69, 9.17) is 16.3 Å². The Bertz CT molecular complexity index is 573. The normalized spacial score (nSPS) is 21.3. The number of nitrogens with one attached hydrogen (secondary N) is 1. The predicted octanol–water partition coefficient (Wildman–Crippen LogP) is 4.36. The first-order valence-corrected chi connectivity index (χ1v) is 8.17. The lowest BCUT2D eigenvalue weighted by Crippen LogP contribution is -2.29. The van der Waals surface area contributed by atoms with Crippen LogP contribution in [0.15, 0.2) is 29.1 Å². The SMILES string of the molecule is CCCNC1CC(c2cscn2)Oc2ccc(Cl)cc21. The molecule has 20 heavy (non-hydrogen) atoms. The van der Waals surface area contributed by atoms with Crippen LogP contribution in [-0.4, -0.2) is 11.5 Å². The van der Waals surface area contributed by atoms with Gasteiger partial charge in [0.05, 0.1) is 11.2 Å². The van der Waals surface area contributed by atoms with Crippen LogP contribution in [0.5, 0.6) is 5.75 Å². The molecule has 1 N–H and O–H groups in total. The number of aromatic nitrogens is 1. The maximum Gasteiger partial charge on any atom is 0.143 e. The summed E-state index contributed by atoms with van der Waals surface area (Å²) in [6, 6.07) is 6.10. The van der Waals surface area contributed by atoms with Crippen molar-refractivity contribution in [3.05, 3.63) is 45.4 Å². The molecular weight excluding hydrogens is 292 g/mol. The molecule has 0 saturated carbocycles. The van der Waals surface area contributed by atoms with Crippen LogP contribution in [0.1, 0.15) is 43.2 Å². The number of hydrogen-bond acceptors (Lipinski definition) is 4. The van der Waals surface area contributed by atoms with Gasteiger partial charge in [-0.05, 0) is 31.2 Å². The van der Waals surface area contributed by atoms with E-state index in [1.165, 1.54) is 0 Å². The molecule has 2 heterocycles. The molecule has 0 fully saturated rings. The van der Waals surface area contributed by atoms with E-state index in [9.17, 15) is 0 Å². The van der Waals surface area contributed by atoms with Gasteiger partial charge in [0.15, 0.2) is 0 Å². The number of hydrogen-bond donors (Lipinski definition) is 1. The van der Waals surface area contributed by atoms with Gasteiger partial charge in [-0.15, -0.1) is 11.3 Å². The van der Waals surface area contributed by atoms with Gasteiger partial charge in [0, 0.05) is 28.4 Å². The lowest BCUT2D eigenvalue weighted by molar-refractivity contribution is 0.148. The highest BCUT2D eigenvalue weighted by Gasteiger charge is 2.30.